The molecule has 0 aliphatic carbocycles. The van der Waals surface area contributed by atoms with Gasteiger partial charge in [0.15, 0.2) is 10.8 Å². The summed E-state index contributed by atoms with van der Waals surface area (Å²) in [5.74, 6) is 1.35. The minimum absolute atomic E-state index is 0.486. The molecule has 21 heavy (non-hydrogen) atoms. The molecule has 2 aromatic heterocycles. The first-order chi connectivity index (χ1) is 10.2. The van der Waals surface area contributed by atoms with Crippen LogP contribution in [-0.2, 0) is 0 Å². The lowest BCUT2D eigenvalue weighted by Gasteiger charge is -2.12. The van der Waals surface area contributed by atoms with Crippen LogP contribution < -0.4 is 4.74 Å². The minimum Gasteiger partial charge on any atom is -0.492 e. The molecule has 3 rings (SSSR count). The van der Waals surface area contributed by atoms with Gasteiger partial charge < -0.3 is 9.72 Å². The zero-order valence-electron chi connectivity index (χ0n) is 11.9. The van der Waals surface area contributed by atoms with Gasteiger partial charge in [-0.15, -0.1) is 0 Å². The van der Waals surface area contributed by atoms with Crippen LogP contribution in [0.2, 0.25) is 0 Å². The van der Waals surface area contributed by atoms with Crippen molar-refractivity contribution in [2.45, 2.75) is 23.9 Å². The van der Waals surface area contributed by atoms with E-state index in [1.807, 2.05) is 24.3 Å². The van der Waals surface area contributed by atoms with Crippen molar-refractivity contribution >= 4 is 22.9 Å². The number of rotatable bonds is 5. The van der Waals surface area contributed by atoms with Gasteiger partial charge in [-0.3, -0.25) is 0 Å². The second-order valence-corrected chi connectivity index (χ2v) is 6.06. The van der Waals surface area contributed by atoms with Crippen LogP contribution in [-0.4, -0.2) is 26.5 Å². The summed E-state index contributed by atoms with van der Waals surface area (Å²) in [5, 5.41) is 0.662. The Morgan fingerprint density at radius 1 is 1.24 bits per heavy atom. The molecule has 0 aliphatic heterocycles. The smallest absolute Gasteiger partial charge is 0.194 e. The molecule has 2 heterocycles. The number of para-hydroxylation sites is 1. The van der Waals surface area contributed by atoms with Crippen LogP contribution in [0.15, 0.2) is 46.8 Å². The highest BCUT2D eigenvalue weighted by Gasteiger charge is 2.09. The molecule has 1 aromatic carbocycles. The van der Waals surface area contributed by atoms with Crippen molar-refractivity contribution in [1.82, 2.24) is 19.9 Å². The number of hydrogen-bond donors (Lipinski definition) is 1. The number of benzene rings is 1. The van der Waals surface area contributed by atoms with Gasteiger partial charge in [0.25, 0.3) is 0 Å². The van der Waals surface area contributed by atoms with Crippen LogP contribution in [0.4, 0.5) is 0 Å². The molecule has 0 atom stereocenters. The maximum absolute atomic E-state index is 5.85. The molecule has 0 fully saturated rings. The Morgan fingerprint density at radius 3 is 2.95 bits per heavy atom. The van der Waals surface area contributed by atoms with E-state index in [9.17, 15) is 0 Å². The highest BCUT2D eigenvalue weighted by molar-refractivity contribution is 7.99. The average Bonchev–Trinajstić information content (AvgIpc) is 2.94. The minimum atomic E-state index is 0.486. The van der Waals surface area contributed by atoms with Gasteiger partial charge in [-0.2, -0.15) is 0 Å². The monoisotopic (exact) mass is 300 g/mol. The summed E-state index contributed by atoms with van der Waals surface area (Å²) in [6, 6.07) is 7.94. The maximum atomic E-state index is 5.85. The van der Waals surface area contributed by atoms with E-state index >= 15 is 0 Å². The fourth-order valence-corrected chi connectivity index (χ4v) is 2.59. The van der Waals surface area contributed by atoms with Crippen LogP contribution in [0.3, 0.4) is 0 Å². The van der Waals surface area contributed by atoms with Crippen LogP contribution in [0.1, 0.15) is 13.8 Å². The average molecular weight is 300 g/mol. The molecule has 5 nitrogen and oxygen atoms in total. The number of nitrogens with zero attached hydrogens (tertiary/aromatic N) is 3. The molecule has 0 spiro atoms. The Bertz CT molecular complexity index is 741. The van der Waals surface area contributed by atoms with E-state index in [-0.39, 0.29) is 0 Å². The van der Waals surface area contributed by atoms with Gasteiger partial charge >= 0.3 is 0 Å². The summed E-state index contributed by atoms with van der Waals surface area (Å²) < 4.78 is 5.85. The molecule has 1 N–H and O–H groups in total. The van der Waals surface area contributed by atoms with Gasteiger partial charge in [0.1, 0.15) is 11.3 Å². The van der Waals surface area contributed by atoms with E-state index in [1.165, 1.54) is 11.8 Å². The first-order valence-corrected chi connectivity index (χ1v) is 7.60. The third kappa shape index (κ3) is 3.33. The molecule has 0 saturated heterocycles. The number of H-pyrrole nitrogens is 1. The highest BCUT2D eigenvalue weighted by Crippen LogP contribution is 2.33. The lowest BCUT2D eigenvalue weighted by atomic mass is 10.2. The zero-order valence-corrected chi connectivity index (χ0v) is 12.7. The molecule has 0 aliphatic rings. The molecule has 3 aromatic rings. The Kier molecular flexibility index (Phi) is 4.06. The van der Waals surface area contributed by atoms with Crippen molar-refractivity contribution in [3.63, 3.8) is 0 Å². The van der Waals surface area contributed by atoms with Crippen molar-refractivity contribution in [2.75, 3.05) is 6.61 Å². The predicted molar refractivity (Wildman–Crippen MR) is 82.6 cm³/mol. The van der Waals surface area contributed by atoms with Gasteiger partial charge in [0, 0.05) is 0 Å². The van der Waals surface area contributed by atoms with Crippen molar-refractivity contribution in [3.8, 4) is 5.75 Å². The van der Waals surface area contributed by atoms with Gasteiger partial charge in [0.05, 0.1) is 24.0 Å². The molecule has 0 bridgehead atoms. The van der Waals surface area contributed by atoms with Crippen LogP contribution in [0.25, 0.3) is 11.2 Å². The fraction of sp³-hybridized carbons (Fsp3) is 0.267. The first-order valence-electron chi connectivity index (χ1n) is 6.78. The van der Waals surface area contributed by atoms with Crippen LogP contribution >= 0.6 is 11.8 Å². The third-order valence-corrected chi connectivity index (χ3v) is 3.71. The molecular formula is C15H16N4OS. The molecule has 6 heteroatoms. The lowest BCUT2D eigenvalue weighted by Crippen LogP contribution is -2.05. The predicted octanol–water partition coefficient (Wildman–Crippen LogP) is 3.54. The van der Waals surface area contributed by atoms with Gasteiger partial charge in [0.2, 0.25) is 0 Å². The Balaban J connectivity index is 1.83. The lowest BCUT2D eigenvalue weighted by molar-refractivity contribution is 0.265. The van der Waals surface area contributed by atoms with Crippen molar-refractivity contribution in [3.05, 3.63) is 36.8 Å². The Hall–Kier alpha value is -2.08. The van der Waals surface area contributed by atoms with E-state index in [0.717, 1.165) is 16.2 Å². The van der Waals surface area contributed by atoms with Crippen LogP contribution in [0, 0.1) is 5.92 Å². The van der Waals surface area contributed by atoms with Crippen molar-refractivity contribution in [2.24, 2.45) is 5.92 Å². The number of imidazole rings is 1. The summed E-state index contributed by atoms with van der Waals surface area (Å²) in [6.07, 6.45) is 3.36. The largest absolute Gasteiger partial charge is 0.492 e. The Morgan fingerprint density at radius 2 is 2.10 bits per heavy atom. The van der Waals surface area contributed by atoms with E-state index < -0.39 is 0 Å². The number of fused-ring (bicyclic) bond motifs is 1. The van der Waals surface area contributed by atoms with Gasteiger partial charge in [-0.1, -0.05) is 26.0 Å². The second-order valence-electron chi connectivity index (χ2n) is 5.05. The normalized spacial score (nSPS) is 11.2. The SMILES string of the molecule is CC(C)COc1ccccc1Sc1ncc2[nH]cnc2n1. The van der Waals surface area contributed by atoms with Gasteiger partial charge in [-0.25, -0.2) is 15.0 Å². The van der Waals surface area contributed by atoms with Gasteiger partial charge in [-0.05, 0) is 29.8 Å². The summed E-state index contributed by atoms with van der Waals surface area (Å²) >= 11 is 1.48. The van der Waals surface area contributed by atoms with E-state index in [0.29, 0.717) is 23.3 Å². The summed E-state index contributed by atoms with van der Waals surface area (Å²) in [6.45, 7) is 4.95. The number of ether oxygens (including phenoxy) is 1. The van der Waals surface area contributed by atoms with Crippen LogP contribution in [0.5, 0.6) is 5.75 Å². The quantitative estimate of drug-likeness (QED) is 0.730. The molecule has 0 unspecified atom stereocenters. The molecule has 0 radical (unpaired) electrons. The van der Waals surface area contributed by atoms with E-state index in [4.69, 9.17) is 4.74 Å². The van der Waals surface area contributed by atoms with E-state index in [2.05, 4.69) is 33.8 Å². The topological polar surface area (TPSA) is 63.7 Å². The highest BCUT2D eigenvalue weighted by atomic mass is 32.2. The maximum Gasteiger partial charge on any atom is 0.194 e. The van der Waals surface area contributed by atoms with Crippen molar-refractivity contribution < 1.29 is 4.74 Å². The Labute approximate surface area is 127 Å². The number of hydrogen-bond acceptors (Lipinski definition) is 5. The number of aromatic amines is 1. The fourth-order valence-electron chi connectivity index (χ4n) is 1.78. The molecule has 108 valence electrons. The molecule has 0 amide bonds. The second kappa shape index (κ2) is 6.13. The molecule has 0 saturated carbocycles. The third-order valence-electron chi connectivity index (χ3n) is 2.78. The molecular weight excluding hydrogens is 284 g/mol. The number of aromatic nitrogens is 4. The number of nitrogens with one attached hydrogen (secondary N) is 1. The standard InChI is InChI=1S/C15H16N4OS/c1-10(2)8-20-12-5-3-4-6-13(12)21-15-16-7-11-14(19-15)18-9-17-11/h3-7,9-10H,8H2,1-2H3,(H,16,17,18,19). The summed E-state index contributed by atoms with van der Waals surface area (Å²) in [4.78, 5) is 16.9. The first kappa shape index (κ1) is 13.9. The van der Waals surface area contributed by atoms with Crippen molar-refractivity contribution in [1.29, 1.82) is 0 Å². The summed E-state index contributed by atoms with van der Waals surface area (Å²) in [5.41, 5.74) is 1.51. The summed E-state index contributed by atoms with van der Waals surface area (Å²) in [7, 11) is 0. The zero-order chi connectivity index (χ0) is 14.7. The van der Waals surface area contributed by atoms with E-state index in [1.54, 1.807) is 12.5 Å².